The van der Waals surface area contributed by atoms with Crippen molar-refractivity contribution in [2.24, 2.45) is 0 Å². The largest absolute Gasteiger partial charge is 0.243 e. The topological polar surface area (TPSA) is 37.4 Å². The van der Waals surface area contributed by atoms with Gasteiger partial charge in [-0.15, -0.1) is 11.6 Å². The summed E-state index contributed by atoms with van der Waals surface area (Å²) in [6, 6.07) is 5.46. The molecule has 0 bridgehead atoms. The summed E-state index contributed by atoms with van der Waals surface area (Å²) in [6.45, 7) is 0.240. The molecule has 1 heterocycles. The van der Waals surface area contributed by atoms with Crippen molar-refractivity contribution in [1.82, 2.24) is 4.31 Å². The van der Waals surface area contributed by atoms with Crippen molar-refractivity contribution in [2.45, 2.75) is 17.3 Å². The van der Waals surface area contributed by atoms with Crippen LogP contribution >= 0.6 is 22.9 Å². The fourth-order valence-corrected chi connectivity index (χ4v) is 4.13. The van der Waals surface area contributed by atoms with Crippen molar-refractivity contribution in [3.8, 4) is 0 Å². The lowest BCUT2D eigenvalue weighted by molar-refractivity contribution is 0.466. The number of rotatable bonds is 5. The van der Waals surface area contributed by atoms with Crippen molar-refractivity contribution in [3.63, 3.8) is 0 Å². The van der Waals surface area contributed by atoms with E-state index in [1.807, 2.05) is 16.8 Å². The Labute approximate surface area is 126 Å². The van der Waals surface area contributed by atoms with E-state index in [4.69, 9.17) is 11.6 Å². The molecule has 0 aliphatic carbocycles. The Morgan fingerprint density at radius 1 is 1.35 bits per heavy atom. The molecule has 0 aliphatic heterocycles. The molecule has 1 aromatic heterocycles. The second-order valence-corrected chi connectivity index (χ2v) is 7.34. The Morgan fingerprint density at radius 3 is 2.70 bits per heavy atom. The highest BCUT2D eigenvalue weighted by Gasteiger charge is 2.24. The summed E-state index contributed by atoms with van der Waals surface area (Å²) in [5.41, 5.74) is 1.29. The van der Waals surface area contributed by atoms with Crippen LogP contribution in [0.4, 0.5) is 4.39 Å². The van der Waals surface area contributed by atoms with Gasteiger partial charge in [0.2, 0.25) is 10.0 Å². The van der Waals surface area contributed by atoms with Crippen LogP contribution < -0.4 is 0 Å². The zero-order valence-electron chi connectivity index (χ0n) is 10.7. The summed E-state index contributed by atoms with van der Waals surface area (Å²) in [5, 5.41) is 3.75. The molecule has 7 heteroatoms. The average Bonchev–Trinajstić information content (AvgIpc) is 2.91. The highest BCUT2D eigenvalue weighted by atomic mass is 35.5. The summed E-state index contributed by atoms with van der Waals surface area (Å²) in [5.74, 6) is -0.581. The molecule has 108 valence electrons. The average molecular weight is 334 g/mol. The van der Waals surface area contributed by atoms with Crippen LogP contribution in [0.25, 0.3) is 0 Å². The predicted molar refractivity (Wildman–Crippen MR) is 78.9 cm³/mol. The number of alkyl halides is 1. The van der Waals surface area contributed by atoms with Crippen LogP contribution in [-0.4, -0.2) is 19.8 Å². The summed E-state index contributed by atoms with van der Waals surface area (Å²) >= 11 is 7.23. The molecule has 0 saturated heterocycles. The first kappa shape index (κ1) is 15.4. The molecule has 0 amide bonds. The van der Waals surface area contributed by atoms with Crippen LogP contribution in [0.2, 0.25) is 0 Å². The molecule has 1 aromatic carbocycles. The van der Waals surface area contributed by atoms with E-state index < -0.39 is 15.8 Å². The molecule has 0 N–H and O–H groups in total. The molecule has 0 unspecified atom stereocenters. The van der Waals surface area contributed by atoms with Crippen LogP contribution in [0.15, 0.2) is 39.9 Å². The van der Waals surface area contributed by atoms with Crippen molar-refractivity contribution in [3.05, 3.63) is 52.0 Å². The van der Waals surface area contributed by atoms with E-state index in [0.717, 1.165) is 11.6 Å². The quantitative estimate of drug-likeness (QED) is 0.786. The zero-order valence-corrected chi connectivity index (χ0v) is 13.1. The van der Waals surface area contributed by atoms with Gasteiger partial charge in [-0.3, -0.25) is 0 Å². The minimum Gasteiger partial charge on any atom is -0.207 e. The normalized spacial score (nSPS) is 12.0. The van der Waals surface area contributed by atoms with E-state index in [-0.39, 0.29) is 17.3 Å². The molecule has 0 saturated carbocycles. The van der Waals surface area contributed by atoms with E-state index in [2.05, 4.69) is 0 Å². The van der Waals surface area contributed by atoms with Gasteiger partial charge in [-0.25, -0.2) is 12.8 Å². The second-order valence-electron chi connectivity index (χ2n) is 4.28. The van der Waals surface area contributed by atoms with Crippen molar-refractivity contribution >= 4 is 33.0 Å². The van der Waals surface area contributed by atoms with Gasteiger partial charge in [0, 0.05) is 19.5 Å². The number of thiophene rings is 1. The van der Waals surface area contributed by atoms with E-state index in [0.29, 0.717) is 5.56 Å². The minimum atomic E-state index is -3.77. The fourth-order valence-electron chi connectivity index (χ4n) is 1.77. The molecule has 0 radical (unpaired) electrons. The van der Waals surface area contributed by atoms with Crippen LogP contribution in [-0.2, 0) is 22.4 Å². The molecule has 3 nitrogen and oxygen atoms in total. The maximum absolute atomic E-state index is 13.3. The lowest BCUT2D eigenvalue weighted by Crippen LogP contribution is -2.27. The van der Waals surface area contributed by atoms with Crippen molar-refractivity contribution in [1.29, 1.82) is 0 Å². The Balaban J connectivity index is 2.36. The van der Waals surface area contributed by atoms with Gasteiger partial charge in [-0.1, -0.05) is 6.07 Å². The highest BCUT2D eigenvalue weighted by molar-refractivity contribution is 7.89. The minimum absolute atomic E-state index is 0.0150. The van der Waals surface area contributed by atoms with Crippen LogP contribution in [0, 0.1) is 5.82 Å². The van der Waals surface area contributed by atoms with Gasteiger partial charge in [-0.05, 0) is 40.1 Å². The summed E-state index contributed by atoms with van der Waals surface area (Å²) in [6.07, 6.45) is 0. The number of nitrogens with zero attached hydrogens (tertiary/aromatic N) is 1. The van der Waals surface area contributed by atoms with Crippen LogP contribution in [0.5, 0.6) is 0 Å². The monoisotopic (exact) mass is 333 g/mol. The van der Waals surface area contributed by atoms with Gasteiger partial charge in [0.25, 0.3) is 0 Å². The van der Waals surface area contributed by atoms with Crippen LogP contribution in [0.3, 0.4) is 0 Å². The van der Waals surface area contributed by atoms with E-state index >= 15 is 0 Å². The Hall–Kier alpha value is -0.950. The maximum Gasteiger partial charge on any atom is 0.243 e. The van der Waals surface area contributed by atoms with Gasteiger partial charge < -0.3 is 0 Å². The third-order valence-corrected chi connectivity index (χ3v) is 5.75. The molecule has 0 spiro atoms. The third kappa shape index (κ3) is 3.20. The molecule has 2 aromatic rings. The number of hydrogen-bond donors (Lipinski definition) is 0. The molecule has 20 heavy (non-hydrogen) atoms. The molecule has 2 rings (SSSR count). The maximum atomic E-state index is 13.3. The SMILES string of the molecule is CN(Cc1ccsc1)S(=O)(=O)c1cc(F)ccc1CCl. The van der Waals surface area contributed by atoms with Gasteiger partial charge in [0.05, 0.1) is 4.90 Å². The second kappa shape index (κ2) is 6.22. The van der Waals surface area contributed by atoms with E-state index in [1.165, 1.54) is 34.8 Å². The molecule has 0 atom stereocenters. The number of hydrogen-bond acceptors (Lipinski definition) is 3. The summed E-state index contributed by atoms with van der Waals surface area (Å²) in [4.78, 5) is -0.0785. The van der Waals surface area contributed by atoms with Gasteiger partial charge in [0.15, 0.2) is 0 Å². The molecule has 0 fully saturated rings. The number of benzene rings is 1. The smallest absolute Gasteiger partial charge is 0.207 e. The van der Waals surface area contributed by atoms with Crippen molar-refractivity contribution in [2.75, 3.05) is 7.05 Å². The summed E-state index contributed by atoms with van der Waals surface area (Å²) in [7, 11) is -2.30. The van der Waals surface area contributed by atoms with Gasteiger partial charge >= 0.3 is 0 Å². The first-order valence-corrected chi connectivity index (χ1v) is 8.68. The molecular formula is C13H13ClFNO2S2. The lowest BCUT2D eigenvalue weighted by atomic mass is 10.2. The van der Waals surface area contributed by atoms with Crippen molar-refractivity contribution < 1.29 is 12.8 Å². The van der Waals surface area contributed by atoms with E-state index in [1.54, 1.807) is 0 Å². The first-order chi connectivity index (χ1) is 9.45. The fraction of sp³-hybridized carbons (Fsp3) is 0.231. The highest BCUT2D eigenvalue weighted by Crippen LogP contribution is 2.23. The molecule has 0 aliphatic rings. The number of halogens is 2. The summed E-state index contributed by atoms with van der Waals surface area (Å²) < 4.78 is 39.5. The Bertz CT molecular complexity index is 686. The Morgan fingerprint density at radius 2 is 2.10 bits per heavy atom. The zero-order chi connectivity index (χ0) is 14.8. The van der Waals surface area contributed by atoms with Crippen LogP contribution in [0.1, 0.15) is 11.1 Å². The standard InChI is InChI=1S/C13H13ClFNO2S2/c1-16(8-10-4-5-19-9-10)20(17,18)13-6-12(15)3-2-11(13)7-14/h2-6,9H,7-8H2,1H3. The Kier molecular flexibility index (Phi) is 4.80. The molecular weight excluding hydrogens is 321 g/mol. The first-order valence-electron chi connectivity index (χ1n) is 5.77. The van der Waals surface area contributed by atoms with Gasteiger partial charge in [0.1, 0.15) is 5.82 Å². The predicted octanol–water partition coefficient (Wildman–Crippen LogP) is 3.45. The lowest BCUT2D eigenvalue weighted by Gasteiger charge is -2.18. The number of sulfonamides is 1. The van der Waals surface area contributed by atoms with E-state index in [9.17, 15) is 12.8 Å². The third-order valence-electron chi connectivity index (χ3n) is 2.85. The van der Waals surface area contributed by atoms with Gasteiger partial charge in [-0.2, -0.15) is 15.6 Å².